The Labute approximate surface area is 192 Å². The van der Waals surface area contributed by atoms with Crippen molar-refractivity contribution in [2.75, 3.05) is 5.32 Å². The van der Waals surface area contributed by atoms with Gasteiger partial charge in [0.2, 0.25) is 5.88 Å². The number of fused-ring (bicyclic) bond motifs is 2. The highest BCUT2D eigenvalue weighted by Gasteiger charge is 2.13. The van der Waals surface area contributed by atoms with E-state index in [4.69, 9.17) is 20.8 Å². The highest BCUT2D eigenvalue weighted by atomic mass is 35.5. The molecule has 6 aromatic rings. The van der Waals surface area contributed by atoms with E-state index in [1.165, 1.54) is 6.33 Å². The maximum atomic E-state index is 6.09. The lowest BCUT2D eigenvalue weighted by Gasteiger charge is -2.04. The quantitative estimate of drug-likeness (QED) is 0.313. The molecule has 0 fully saturated rings. The monoisotopic (exact) mass is 454 g/mol. The first-order valence-electron chi connectivity index (χ1n) is 10.1. The van der Waals surface area contributed by atoms with E-state index in [1.54, 1.807) is 30.6 Å². The fourth-order valence-corrected chi connectivity index (χ4v) is 3.60. The Morgan fingerprint density at radius 3 is 2.64 bits per heavy atom. The van der Waals surface area contributed by atoms with Gasteiger partial charge in [-0.2, -0.15) is 4.98 Å². The van der Waals surface area contributed by atoms with Gasteiger partial charge < -0.3 is 19.5 Å². The molecule has 0 aliphatic carbocycles. The SMILES string of the molecule is Clc1ccc(Nc2nc3cc(Oc4ncnc5[nH]c(-c6ccncc6)cc45)ccc3o2)cc1. The molecule has 0 amide bonds. The average Bonchev–Trinajstić information content (AvgIpc) is 3.45. The van der Waals surface area contributed by atoms with E-state index in [0.717, 1.165) is 22.3 Å². The molecule has 0 aliphatic rings. The number of aromatic amines is 1. The van der Waals surface area contributed by atoms with E-state index in [2.05, 4.69) is 30.2 Å². The fraction of sp³-hybridized carbons (Fsp3) is 0. The molecule has 0 spiro atoms. The zero-order valence-electron chi connectivity index (χ0n) is 17.0. The number of aromatic nitrogens is 5. The van der Waals surface area contributed by atoms with E-state index in [1.807, 2.05) is 42.5 Å². The van der Waals surface area contributed by atoms with Gasteiger partial charge in [-0.1, -0.05) is 11.6 Å². The number of anilines is 2. The molecule has 0 aliphatic heterocycles. The molecule has 0 saturated carbocycles. The summed E-state index contributed by atoms with van der Waals surface area (Å²) in [5.41, 5.74) is 4.70. The molecule has 4 aromatic heterocycles. The van der Waals surface area contributed by atoms with E-state index >= 15 is 0 Å². The largest absolute Gasteiger partial charge is 0.438 e. The fourth-order valence-electron chi connectivity index (χ4n) is 3.48. The van der Waals surface area contributed by atoms with Crippen LogP contribution in [0.5, 0.6) is 11.6 Å². The zero-order valence-corrected chi connectivity index (χ0v) is 17.7. The van der Waals surface area contributed by atoms with Crippen molar-refractivity contribution in [1.82, 2.24) is 24.9 Å². The van der Waals surface area contributed by atoms with Crippen LogP contribution < -0.4 is 10.1 Å². The summed E-state index contributed by atoms with van der Waals surface area (Å²) in [5, 5.41) is 4.56. The average molecular weight is 455 g/mol. The molecule has 2 N–H and O–H groups in total. The van der Waals surface area contributed by atoms with Crippen molar-refractivity contribution in [2.45, 2.75) is 0 Å². The van der Waals surface area contributed by atoms with E-state index in [-0.39, 0.29) is 0 Å². The number of H-pyrrole nitrogens is 1. The van der Waals surface area contributed by atoms with Crippen LogP contribution in [-0.4, -0.2) is 24.9 Å². The molecule has 0 saturated heterocycles. The van der Waals surface area contributed by atoms with Crippen molar-refractivity contribution in [2.24, 2.45) is 0 Å². The van der Waals surface area contributed by atoms with Crippen molar-refractivity contribution in [3.63, 3.8) is 0 Å². The number of rotatable bonds is 5. The summed E-state index contributed by atoms with van der Waals surface area (Å²) < 4.78 is 11.9. The van der Waals surface area contributed by atoms with Crippen LogP contribution in [0.25, 0.3) is 33.4 Å². The van der Waals surface area contributed by atoms with Gasteiger partial charge in [0, 0.05) is 40.4 Å². The van der Waals surface area contributed by atoms with Gasteiger partial charge in [0.25, 0.3) is 6.01 Å². The molecule has 160 valence electrons. The van der Waals surface area contributed by atoms with Crippen molar-refractivity contribution < 1.29 is 9.15 Å². The van der Waals surface area contributed by atoms with Crippen LogP contribution in [-0.2, 0) is 0 Å². The molecule has 6 rings (SSSR count). The van der Waals surface area contributed by atoms with Gasteiger partial charge in [-0.15, -0.1) is 0 Å². The lowest BCUT2D eigenvalue weighted by atomic mass is 10.2. The molecule has 9 heteroatoms. The number of halogens is 1. The maximum absolute atomic E-state index is 6.09. The molecular weight excluding hydrogens is 440 g/mol. The third kappa shape index (κ3) is 3.83. The summed E-state index contributed by atoms with van der Waals surface area (Å²) >= 11 is 5.94. The number of hydrogen-bond donors (Lipinski definition) is 2. The van der Waals surface area contributed by atoms with Crippen molar-refractivity contribution in [3.8, 4) is 22.9 Å². The molecule has 0 radical (unpaired) electrons. The van der Waals surface area contributed by atoms with Gasteiger partial charge in [0.1, 0.15) is 23.2 Å². The Balaban J connectivity index is 1.29. The highest BCUT2D eigenvalue weighted by Crippen LogP contribution is 2.32. The molecular formula is C24H15ClN6O2. The number of hydrogen-bond acceptors (Lipinski definition) is 7. The summed E-state index contributed by atoms with van der Waals surface area (Å²) in [6.07, 6.45) is 4.95. The van der Waals surface area contributed by atoms with Gasteiger partial charge in [-0.25, -0.2) is 9.97 Å². The normalized spacial score (nSPS) is 11.2. The molecule has 2 aromatic carbocycles. The molecule has 33 heavy (non-hydrogen) atoms. The number of ether oxygens (including phenoxy) is 1. The lowest BCUT2D eigenvalue weighted by Crippen LogP contribution is -1.90. The Kier molecular flexibility index (Phi) is 4.63. The van der Waals surface area contributed by atoms with Crippen LogP contribution in [0.1, 0.15) is 0 Å². The van der Waals surface area contributed by atoms with Crippen molar-refractivity contribution in [1.29, 1.82) is 0 Å². The van der Waals surface area contributed by atoms with Gasteiger partial charge in [0.15, 0.2) is 5.58 Å². The summed E-state index contributed by atoms with van der Waals surface area (Å²) in [6, 6.07) is 18.9. The first-order valence-corrected chi connectivity index (χ1v) is 10.4. The predicted octanol–water partition coefficient (Wildman–Crippen LogP) is 6.35. The standard InChI is InChI=1S/C24H15ClN6O2/c25-15-1-3-16(4-2-15)29-24-31-20-11-17(5-6-21(20)33-24)32-23-18-12-19(14-7-9-26-10-8-14)30-22(18)27-13-28-23/h1-13H,(H,29,31)(H,27,28,30). The van der Waals surface area contributed by atoms with Gasteiger partial charge >= 0.3 is 0 Å². The Hall–Kier alpha value is -4.43. The zero-order chi connectivity index (χ0) is 22.2. The third-order valence-electron chi connectivity index (χ3n) is 5.05. The summed E-state index contributed by atoms with van der Waals surface area (Å²) in [7, 11) is 0. The smallest absolute Gasteiger partial charge is 0.300 e. The van der Waals surface area contributed by atoms with Crippen LogP contribution in [0.2, 0.25) is 5.02 Å². The molecule has 0 bridgehead atoms. The summed E-state index contributed by atoms with van der Waals surface area (Å²) in [6.45, 7) is 0. The number of benzene rings is 2. The number of nitrogens with one attached hydrogen (secondary N) is 2. The number of nitrogens with zero attached hydrogens (tertiary/aromatic N) is 4. The Morgan fingerprint density at radius 2 is 1.79 bits per heavy atom. The molecule has 4 heterocycles. The van der Waals surface area contributed by atoms with Crippen molar-refractivity contribution in [3.05, 3.63) is 84.4 Å². The van der Waals surface area contributed by atoms with Crippen LogP contribution in [0.4, 0.5) is 11.7 Å². The van der Waals surface area contributed by atoms with Gasteiger partial charge in [-0.05, 0) is 54.6 Å². The van der Waals surface area contributed by atoms with Crippen LogP contribution in [0.3, 0.4) is 0 Å². The van der Waals surface area contributed by atoms with E-state index in [9.17, 15) is 0 Å². The minimum Gasteiger partial charge on any atom is -0.438 e. The molecule has 0 atom stereocenters. The maximum Gasteiger partial charge on any atom is 0.300 e. The van der Waals surface area contributed by atoms with E-state index in [0.29, 0.717) is 39.4 Å². The van der Waals surface area contributed by atoms with Crippen LogP contribution in [0.15, 0.2) is 83.8 Å². The Bertz CT molecular complexity index is 1580. The number of oxazole rings is 1. The predicted molar refractivity (Wildman–Crippen MR) is 126 cm³/mol. The number of pyridine rings is 1. The minimum absolute atomic E-state index is 0.376. The topological polar surface area (TPSA) is 102 Å². The lowest BCUT2D eigenvalue weighted by molar-refractivity contribution is 0.468. The third-order valence-corrected chi connectivity index (χ3v) is 5.30. The first kappa shape index (κ1) is 19.3. The summed E-state index contributed by atoms with van der Waals surface area (Å²) in [4.78, 5) is 20.5. The second kappa shape index (κ2) is 7.92. The van der Waals surface area contributed by atoms with Gasteiger partial charge in [0.05, 0.1) is 5.39 Å². The second-order valence-electron chi connectivity index (χ2n) is 7.24. The molecule has 0 unspecified atom stereocenters. The van der Waals surface area contributed by atoms with Gasteiger partial charge in [-0.3, -0.25) is 4.98 Å². The summed E-state index contributed by atoms with van der Waals surface area (Å²) in [5.74, 6) is 1.03. The highest BCUT2D eigenvalue weighted by molar-refractivity contribution is 6.30. The van der Waals surface area contributed by atoms with Crippen LogP contribution >= 0.6 is 11.6 Å². The van der Waals surface area contributed by atoms with Crippen molar-refractivity contribution >= 4 is 45.4 Å². The first-order chi connectivity index (χ1) is 16.2. The minimum atomic E-state index is 0.376. The molecule has 8 nitrogen and oxygen atoms in total. The van der Waals surface area contributed by atoms with Crippen LogP contribution in [0, 0.1) is 0 Å². The Morgan fingerprint density at radius 1 is 0.939 bits per heavy atom. The van der Waals surface area contributed by atoms with E-state index < -0.39 is 0 Å². The second-order valence-corrected chi connectivity index (χ2v) is 7.68.